The van der Waals surface area contributed by atoms with Crippen LogP contribution in [0.2, 0.25) is 0 Å². The van der Waals surface area contributed by atoms with Gasteiger partial charge in [-0.15, -0.1) is 0 Å². The van der Waals surface area contributed by atoms with Crippen LogP contribution in [0.4, 0.5) is 0 Å². The van der Waals surface area contributed by atoms with Gasteiger partial charge in [0.2, 0.25) is 0 Å². The Labute approximate surface area is 112 Å². The quantitative estimate of drug-likeness (QED) is 0.877. The molecule has 0 aliphatic rings. The number of benzene rings is 1. The largest absolute Gasteiger partial charge is 0.507 e. The van der Waals surface area contributed by atoms with E-state index in [2.05, 4.69) is 34.7 Å². The highest BCUT2D eigenvalue weighted by Gasteiger charge is 2.12. The molecule has 0 bridgehead atoms. The van der Waals surface area contributed by atoms with Crippen LogP contribution in [0.25, 0.3) is 0 Å². The Bertz CT molecular complexity index is 357. The zero-order chi connectivity index (χ0) is 12.8. The van der Waals surface area contributed by atoms with Crippen LogP contribution in [0, 0.1) is 0 Å². The van der Waals surface area contributed by atoms with Gasteiger partial charge in [0.1, 0.15) is 5.75 Å². The zero-order valence-electron chi connectivity index (χ0n) is 10.6. The van der Waals surface area contributed by atoms with Crippen LogP contribution in [-0.4, -0.2) is 36.3 Å². The van der Waals surface area contributed by atoms with Gasteiger partial charge < -0.3 is 9.84 Å². The number of methoxy groups -OCH3 is 1. The average molecular weight is 302 g/mol. The van der Waals surface area contributed by atoms with Crippen LogP contribution >= 0.6 is 15.9 Å². The smallest absolute Gasteiger partial charge is 0.129 e. The average Bonchev–Trinajstić information content (AvgIpc) is 2.30. The van der Waals surface area contributed by atoms with Gasteiger partial charge in [-0.25, -0.2) is 0 Å². The number of hydrogen-bond donors (Lipinski definition) is 1. The van der Waals surface area contributed by atoms with Gasteiger partial charge in [0.25, 0.3) is 0 Å². The van der Waals surface area contributed by atoms with Crippen molar-refractivity contribution in [1.29, 1.82) is 0 Å². The van der Waals surface area contributed by atoms with Crippen molar-refractivity contribution in [2.24, 2.45) is 0 Å². The summed E-state index contributed by atoms with van der Waals surface area (Å²) in [6.45, 7) is 6.86. The lowest BCUT2D eigenvalue weighted by molar-refractivity contribution is 0.0982. The van der Waals surface area contributed by atoms with E-state index in [-0.39, 0.29) is 5.75 Å². The van der Waals surface area contributed by atoms with E-state index in [4.69, 9.17) is 4.74 Å². The molecule has 0 saturated heterocycles. The molecular formula is C13H20BrNO2. The van der Waals surface area contributed by atoms with Gasteiger partial charge >= 0.3 is 0 Å². The van der Waals surface area contributed by atoms with Crippen molar-refractivity contribution >= 4 is 15.9 Å². The summed E-state index contributed by atoms with van der Waals surface area (Å²) in [5.74, 6) is 0.279. The maximum Gasteiger partial charge on any atom is 0.129 e. The van der Waals surface area contributed by atoms with E-state index in [0.717, 1.165) is 24.2 Å². The summed E-state index contributed by atoms with van der Waals surface area (Å²) in [7, 11) is 1.72. The first kappa shape index (κ1) is 14.5. The Morgan fingerprint density at radius 2 is 2.18 bits per heavy atom. The maximum atomic E-state index is 9.45. The topological polar surface area (TPSA) is 32.7 Å². The molecule has 0 spiro atoms. The lowest BCUT2D eigenvalue weighted by Gasteiger charge is -2.27. The number of rotatable bonds is 6. The van der Waals surface area contributed by atoms with Crippen molar-refractivity contribution in [3.8, 4) is 5.75 Å². The summed E-state index contributed by atoms with van der Waals surface area (Å²) in [6.07, 6.45) is 0. The summed E-state index contributed by atoms with van der Waals surface area (Å²) in [5, 5.41) is 9.45. The molecule has 0 fully saturated rings. The number of nitrogens with zero attached hydrogens (tertiary/aromatic N) is 1. The minimum absolute atomic E-state index is 0.279. The third kappa shape index (κ3) is 4.30. The molecule has 1 rings (SSSR count). The molecule has 1 N–H and O–H groups in total. The Morgan fingerprint density at radius 3 is 2.71 bits per heavy atom. The predicted octanol–water partition coefficient (Wildman–Crippen LogP) is 3.01. The normalized spacial score (nSPS) is 13.0. The Balaban J connectivity index is 2.70. The Kier molecular flexibility index (Phi) is 5.95. The molecular weight excluding hydrogens is 282 g/mol. The fraction of sp³-hybridized carbons (Fsp3) is 0.538. The van der Waals surface area contributed by atoms with Crippen LogP contribution in [0.15, 0.2) is 22.7 Å². The van der Waals surface area contributed by atoms with Crippen LogP contribution in [0.5, 0.6) is 5.75 Å². The van der Waals surface area contributed by atoms with Crippen molar-refractivity contribution in [3.63, 3.8) is 0 Å². The fourth-order valence-corrected chi connectivity index (χ4v) is 2.24. The van der Waals surface area contributed by atoms with E-state index >= 15 is 0 Å². The van der Waals surface area contributed by atoms with Gasteiger partial charge in [-0.2, -0.15) is 0 Å². The van der Waals surface area contributed by atoms with Gasteiger partial charge in [-0.1, -0.05) is 13.0 Å². The summed E-state index contributed by atoms with van der Waals surface area (Å²) in [4.78, 5) is 2.34. The molecule has 0 saturated carbocycles. The Hall–Kier alpha value is -0.580. The summed E-state index contributed by atoms with van der Waals surface area (Å²) >= 11 is 3.33. The van der Waals surface area contributed by atoms with Crippen LogP contribution < -0.4 is 0 Å². The molecule has 0 aromatic heterocycles. The molecule has 1 aromatic rings. The summed E-state index contributed by atoms with van der Waals surface area (Å²) < 4.78 is 5.92. The van der Waals surface area contributed by atoms with Crippen molar-refractivity contribution in [1.82, 2.24) is 4.90 Å². The molecule has 1 aromatic carbocycles. The monoisotopic (exact) mass is 301 g/mol. The fourth-order valence-electron chi connectivity index (χ4n) is 1.81. The molecule has 17 heavy (non-hydrogen) atoms. The van der Waals surface area contributed by atoms with Gasteiger partial charge in [0.05, 0.1) is 11.1 Å². The number of likely N-dealkylation sites (N-methyl/N-ethyl adjacent to an activating group) is 1. The number of phenolic OH excluding ortho intramolecular Hbond substituents is 1. The molecule has 0 aliphatic heterocycles. The number of hydrogen-bond acceptors (Lipinski definition) is 3. The predicted molar refractivity (Wildman–Crippen MR) is 73.2 cm³/mol. The zero-order valence-corrected chi connectivity index (χ0v) is 12.2. The third-order valence-electron chi connectivity index (χ3n) is 2.84. The van der Waals surface area contributed by atoms with Crippen molar-refractivity contribution < 1.29 is 9.84 Å². The van der Waals surface area contributed by atoms with Crippen molar-refractivity contribution in [2.75, 3.05) is 20.3 Å². The number of aromatic hydroxyl groups is 1. The molecule has 96 valence electrons. The van der Waals surface area contributed by atoms with Crippen molar-refractivity contribution in [3.05, 3.63) is 28.2 Å². The second-order valence-corrected chi connectivity index (χ2v) is 5.01. The van der Waals surface area contributed by atoms with Gasteiger partial charge in [0.15, 0.2) is 0 Å². The molecule has 0 heterocycles. The minimum Gasteiger partial charge on any atom is -0.507 e. The highest BCUT2D eigenvalue weighted by atomic mass is 79.9. The van der Waals surface area contributed by atoms with E-state index in [1.165, 1.54) is 5.56 Å². The highest BCUT2D eigenvalue weighted by molar-refractivity contribution is 9.10. The van der Waals surface area contributed by atoms with Gasteiger partial charge in [0, 0.05) is 19.7 Å². The van der Waals surface area contributed by atoms with Gasteiger partial charge in [-0.05, 0) is 47.1 Å². The molecule has 1 atom stereocenters. The standard InChI is InChI=1S/C13H20BrNO2/c1-4-15(10(2)9-17-3)8-11-5-6-13(16)12(14)7-11/h5-7,10,16H,4,8-9H2,1-3H3. The minimum atomic E-state index is 0.279. The highest BCUT2D eigenvalue weighted by Crippen LogP contribution is 2.25. The third-order valence-corrected chi connectivity index (χ3v) is 3.47. The van der Waals surface area contributed by atoms with Crippen molar-refractivity contribution in [2.45, 2.75) is 26.4 Å². The summed E-state index contributed by atoms with van der Waals surface area (Å²) in [5.41, 5.74) is 1.18. The molecule has 1 unspecified atom stereocenters. The number of phenols is 1. The van der Waals surface area contributed by atoms with Crippen LogP contribution in [0.3, 0.4) is 0 Å². The van der Waals surface area contributed by atoms with E-state index in [1.807, 2.05) is 12.1 Å². The molecule has 0 aliphatic carbocycles. The Morgan fingerprint density at radius 1 is 1.47 bits per heavy atom. The first-order valence-corrected chi connectivity index (χ1v) is 6.58. The SMILES string of the molecule is CCN(Cc1ccc(O)c(Br)c1)C(C)COC. The molecule has 4 heteroatoms. The first-order chi connectivity index (χ1) is 8.08. The number of ether oxygens (including phenoxy) is 1. The number of halogens is 1. The van der Waals surface area contributed by atoms with E-state index < -0.39 is 0 Å². The second kappa shape index (κ2) is 6.99. The molecule has 0 radical (unpaired) electrons. The lowest BCUT2D eigenvalue weighted by Crippen LogP contribution is -2.35. The van der Waals surface area contributed by atoms with Crippen LogP contribution in [-0.2, 0) is 11.3 Å². The van der Waals surface area contributed by atoms with E-state index in [9.17, 15) is 5.11 Å². The maximum absolute atomic E-state index is 9.45. The van der Waals surface area contributed by atoms with E-state index in [0.29, 0.717) is 6.04 Å². The van der Waals surface area contributed by atoms with Crippen LogP contribution in [0.1, 0.15) is 19.4 Å². The molecule has 3 nitrogen and oxygen atoms in total. The molecule has 0 amide bonds. The summed E-state index contributed by atoms with van der Waals surface area (Å²) in [6, 6.07) is 6.01. The van der Waals surface area contributed by atoms with E-state index in [1.54, 1.807) is 13.2 Å². The first-order valence-electron chi connectivity index (χ1n) is 5.78. The van der Waals surface area contributed by atoms with Gasteiger partial charge in [-0.3, -0.25) is 4.90 Å². The second-order valence-electron chi connectivity index (χ2n) is 4.15. The lowest BCUT2D eigenvalue weighted by atomic mass is 10.2.